The lowest BCUT2D eigenvalue weighted by atomic mass is 10.0. The number of aliphatic hydroxyl groups excluding tert-OH is 1. The van der Waals surface area contributed by atoms with Crippen LogP contribution in [0.15, 0.2) is 48.5 Å². The van der Waals surface area contributed by atoms with E-state index in [9.17, 15) is 14.7 Å². The molecule has 0 fully saturated rings. The Bertz CT molecular complexity index is 777. The van der Waals surface area contributed by atoms with Gasteiger partial charge in [0.1, 0.15) is 18.8 Å². The Hall–Kier alpha value is -2.90. The van der Waals surface area contributed by atoms with E-state index in [0.717, 1.165) is 5.56 Å². The highest BCUT2D eigenvalue weighted by molar-refractivity contribution is 5.77. The number of ether oxygens (including phenoxy) is 3. The van der Waals surface area contributed by atoms with E-state index in [1.54, 1.807) is 12.1 Å². The van der Waals surface area contributed by atoms with E-state index in [4.69, 9.17) is 9.47 Å². The van der Waals surface area contributed by atoms with E-state index in [0.29, 0.717) is 11.3 Å². The van der Waals surface area contributed by atoms with E-state index in [2.05, 4.69) is 10.1 Å². The average molecular weight is 373 g/mol. The molecule has 0 saturated carbocycles. The first-order valence-electron chi connectivity index (χ1n) is 8.38. The number of benzene rings is 2. The Morgan fingerprint density at radius 2 is 1.81 bits per heavy atom. The van der Waals surface area contributed by atoms with Crippen LogP contribution in [0.4, 0.5) is 0 Å². The van der Waals surface area contributed by atoms with E-state index in [-0.39, 0.29) is 12.4 Å². The van der Waals surface area contributed by atoms with Crippen molar-refractivity contribution in [2.45, 2.75) is 25.7 Å². The zero-order valence-electron chi connectivity index (χ0n) is 15.5. The molecule has 0 aromatic heterocycles. The van der Waals surface area contributed by atoms with Gasteiger partial charge in [-0.25, -0.2) is 0 Å². The predicted octanol–water partition coefficient (Wildman–Crippen LogP) is 1.99. The second-order valence-corrected chi connectivity index (χ2v) is 5.81. The second kappa shape index (κ2) is 9.70. The molecule has 27 heavy (non-hydrogen) atoms. The van der Waals surface area contributed by atoms with Crippen molar-refractivity contribution in [1.29, 1.82) is 0 Å². The van der Waals surface area contributed by atoms with E-state index < -0.39 is 24.1 Å². The molecular weight excluding hydrogens is 350 g/mol. The summed E-state index contributed by atoms with van der Waals surface area (Å²) in [5, 5.41) is 13.2. The standard InChI is InChI=1S/C20H23NO6/c1-13(22)27-17-11-15(19(23)18(21-2)20(24)25-3)9-10-16(17)26-12-14-7-5-4-6-8-14/h4-11,18-19,21,23H,12H2,1-3H3/t18-,19+/m0/s1. The lowest BCUT2D eigenvalue weighted by Crippen LogP contribution is -2.40. The van der Waals surface area contributed by atoms with Crippen LogP contribution in [0.3, 0.4) is 0 Å². The summed E-state index contributed by atoms with van der Waals surface area (Å²) in [6.07, 6.45) is -1.19. The average Bonchev–Trinajstić information content (AvgIpc) is 2.67. The molecule has 2 atom stereocenters. The van der Waals surface area contributed by atoms with Crippen LogP contribution in [0.5, 0.6) is 11.5 Å². The van der Waals surface area contributed by atoms with Crippen molar-refractivity contribution in [2.75, 3.05) is 14.2 Å². The number of nitrogens with one attached hydrogen (secondary N) is 1. The maximum absolute atomic E-state index is 11.8. The van der Waals surface area contributed by atoms with Crippen LogP contribution in [0.25, 0.3) is 0 Å². The third kappa shape index (κ3) is 5.54. The van der Waals surface area contributed by atoms with Crippen molar-refractivity contribution in [3.63, 3.8) is 0 Å². The minimum Gasteiger partial charge on any atom is -0.485 e. The molecule has 0 aliphatic carbocycles. The van der Waals surface area contributed by atoms with Gasteiger partial charge >= 0.3 is 11.9 Å². The summed E-state index contributed by atoms with van der Waals surface area (Å²) < 4.78 is 15.6. The maximum atomic E-state index is 11.8. The number of esters is 2. The number of carbonyl (C=O) groups is 2. The van der Waals surface area contributed by atoms with Gasteiger partial charge in [-0.05, 0) is 30.3 Å². The summed E-state index contributed by atoms with van der Waals surface area (Å²) >= 11 is 0. The summed E-state index contributed by atoms with van der Waals surface area (Å²) in [5.74, 6) is -0.619. The first-order valence-corrected chi connectivity index (χ1v) is 8.38. The molecular formula is C20H23NO6. The van der Waals surface area contributed by atoms with E-state index in [1.807, 2.05) is 30.3 Å². The van der Waals surface area contributed by atoms with Crippen LogP contribution < -0.4 is 14.8 Å². The van der Waals surface area contributed by atoms with Gasteiger partial charge in [-0.1, -0.05) is 36.4 Å². The van der Waals surface area contributed by atoms with Gasteiger partial charge < -0.3 is 24.6 Å². The Kier molecular flexibility index (Phi) is 7.34. The highest BCUT2D eigenvalue weighted by Crippen LogP contribution is 2.32. The van der Waals surface area contributed by atoms with Gasteiger partial charge in [-0.3, -0.25) is 9.59 Å². The number of carbonyl (C=O) groups excluding carboxylic acids is 2. The number of rotatable bonds is 8. The molecule has 0 saturated heterocycles. The molecule has 7 nitrogen and oxygen atoms in total. The molecule has 7 heteroatoms. The summed E-state index contributed by atoms with van der Waals surface area (Å²) in [4.78, 5) is 23.2. The highest BCUT2D eigenvalue weighted by Gasteiger charge is 2.28. The zero-order valence-corrected chi connectivity index (χ0v) is 15.5. The van der Waals surface area contributed by atoms with Crippen molar-refractivity contribution in [1.82, 2.24) is 5.32 Å². The first-order chi connectivity index (χ1) is 13.0. The van der Waals surface area contributed by atoms with Crippen LogP contribution in [0.1, 0.15) is 24.2 Å². The number of hydrogen-bond donors (Lipinski definition) is 2. The third-order valence-corrected chi connectivity index (χ3v) is 3.88. The fraction of sp³-hybridized carbons (Fsp3) is 0.300. The molecule has 2 rings (SSSR count). The molecule has 0 bridgehead atoms. The smallest absolute Gasteiger partial charge is 0.325 e. The van der Waals surface area contributed by atoms with Gasteiger partial charge in [0.25, 0.3) is 0 Å². The molecule has 0 unspecified atom stereocenters. The quantitative estimate of drug-likeness (QED) is 0.540. The minimum atomic E-state index is -1.19. The Labute approximate surface area is 157 Å². The van der Waals surface area contributed by atoms with Gasteiger partial charge in [0.05, 0.1) is 7.11 Å². The lowest BCUT2D eigenvalue weighted by molar-refractivity contribution is -0.146. The van der Waals surface area contributed by atoms with Crippen LogP contribution in [0.2, 0.25) is 0 Å². The summed E-state index contributed by atoms with van der Waals surface area (Å²) in [7, 11) is 2.78. The topological polar surface area (TPSA) is 94.1 Å². The summed E-state index contributed by atoms with van der Waals surface area (Å²) in [5.41, 5.74) is 1.33. The van der Waals surface area contributed by atoms with Crippen molar-refractivity contribution < 1.29 is 28.9 Å². The van der Waals surface area contributed by atoms with Crippen molar-refractivity contribution in [3.05, 3.63) is 59.7 Å². The second-order valence-electron chi connectivity index (χ2n) is 5.81. The summed E-state index contributed by atoms with van der Waals surface area (Å²) in [6, 6.07) is 13.2. The van der Waals surface area contributed by atoms with Gasteiger partial charge in [-0.15, -0.1) is 0 Å². The van der Waals surface area contributed by atoms with Crippen molar-refractivity contribution in [2.24, 2.45) is 0 Å². The van der Waals surface area contributed by atoms with Crippen LogP contribution in [-0.2, 0) is 20.9 Å². The normalized spacial score (nSPS) is 12.7. The summed E-state index contributed by atoms with van der Waals surface area (Å²) in [6.45, 7) is 1.56. The fourth-order valence-corrected chi connectivity index (χ4v) is 2.52. The zero-order chi connectivity index (χ0) is 19.8. The molecule has 2 aromatic rings. The molecule has 2 aromatic carbocycles. The molecule has 0 spiro atoms. The third-order valence-electron chi connectivity index (χ3n) is 3.88. The monoisotopic (exact) mass is 373 g/mol. The van der Waals surface area contributed by atoms with Gasteiger partial charge in [0, 0.05) is 6.92 Å². The van der Waals surface area contributed by atoms with Crippen LogP contribution in [0, 0.1) is 0 Å². The van der Waals surface area contributed by atoms with Crippen molar-refractivity contribution in [3.8, 4) is 11.5 Å². The lowest BCUT2D eigenvalue weighted by Gasteiger charge is -2.21. The van der Waals surface area contributed by atoms with E-state index >= 15 is 0 Å². The van der Waals surface area contributed by atoms with Crippen LogP contribution >= 0.6 is 0 Å². The Morgan fingerprint density at radius 3 is 2.41 bits per heavy atom. The first kappa shape index (κ1) is 20.4. The van der Waals surface area contributed by atoms with Gasteiger partial charge in [0.2, 0.25) is 0 Å². The fourth-order valence-electron chi connectivity index (χ4n) is 2.52. The van der Waals surface area contributed by atoms with Gasteiger partial charge in [0.15, 0.2) is 11.5 Å². The molecule has 0 heterocycles. The molecule has 0 radical (unpaired) electrons. The predicted molar refractivity (Wildman–Crippen MR) is 98.3 cm³/mol. The minimum absolute atomic E-state index is 0.162. The van der Waals surface area contributed by atoms with Crippen molar-refractivity contribution >= 4 is 11.9 Å². The molecule has 0 amide bonds. The van der Waals surface area contributed by atoms with E-state index in [1.165, 1.54) is 27.1 Å². The Balaban J connectivity index is 2.26. The number of hydrogen-bond acceptors (Lipinski definition) is 7. The molecule has 2 N–H and O–H groups in total. The number of methoxy groups -OCH3 is 1. The van der Waals surface area contributed by atoms with Gasteiger partial charge in [-0.2, -0.15) is 0 Å². The maximum Gasteiger partial charge on any atom is 0.325 e. The SMILES string of the molecule is CN[C@H](C(=O)OC)[C@H](O)c1ccc(OCc2ccccc2)c(OC(C)=O)c1. The molecule has 144 valence electrons. The van der Waals surface area contributed by atoms with Crippen LogP contribution in [-0.4, -0.2) is 37.2 Å². The number of aliphatic hydroxyl groups is 1. The Morgan fingerprint density at radius 1 is 1.11 bits per heavy atom. The number of likely N-dealkylation sites (N-methyl/N-ethyl adjacent to an activating group) is 1. The molecule has 0 aliphatic heterocycles. The largest absolute Gasteiger partial charge is 0.485 e. The highest BCUT2D eigenvalue weighted by atomic mass is 16.6. The molecule has 0 aliphatic rings.